The SMILES string of the molecule is C=C(C(=O)O)c1c(CC)ccn1C(=O)OC(C)(C)C. The third-order valence-electron chi connectivity index (χ3n) is 2.48. The monoisotopic (exact) mass is 265 g/mol. The average molecular weight is 265 g/mol. The molecule has 0 radical (unpaired) electrons. The lowest BCUT2D eigenvalue weighted by molar-refractivity contribution is -0.130. The summed E-state index contributed by atoms with van der Waals surface area (Å²) in [5, 5.41) is 9.05. The van der Waals surface area contributed by atoms with Crippen molar-refractivity contribution in [3.8, 4) is 0 Å². The maximum Gasteiger partial charge on any atom is 0.419 e. The molecule has 1 aromatic heterocycles. The Morgan fingerprint density at radius 1 is 1.42 bits per heavy atom. The van der Waals surface area contributed by atoms with Crippen LogP contribution < -0.4 is 0 Å². The van der Waals surface area contributed by atoms with Gasteiger partial charge in [-0.05, 0) is 38.8 Å². The summed E-state index contributed by atoms with van der Waals surface area (Å²) < 4.78 is 6.44. The van der Waals surface area contributed by atoms with E-state index in [9.17, 15) is 9.59 Å². The number of carboxylic acids is 1. The van der Waals surface area contributed by atoms with E-state index in [2.05, 4.69) is 6.58 Å². The van der Waals surface area contributed by atoms with E-state index in [1.807, 2.05) is 6.92 Å². The predicted molar refractivity (Wildman–Crippen MR) is 72.1 cm³/mol. The van der Waals surface area contributed by atoms with E-state index in [-0.39, 0.29) is 5.57 Å². The molecule has 19 heavy (non-hydrogen) atoms. The van der Waals surface area contributed by atoms with Crippen LogP contribution in [0.3, 0.4) is 0 Å². The first-order valence-electron chi connectivity index (χ1n) is 6.03. The van der Waals surface area contributed by atoms with Crippen LogP contribution in [0.1, 0.15) is 39.0 Å². The van der Waals surface area contributed by atoms with Crippen LogP contribution in [0.5, 0.6) is 0 Å². The molecule has 0 unspecified atom stereocenters. The topological polar surface area (TPSA) is 68.5 Å². The van der Waals surface area contributed by atoms with Crippen LogP contribution in [0.25, 0.3) is 5.57 Å². The molecule has 0 saturated carbocycles. The molecule has 0 aliphatic rings. The highest BCUT2D eigenvalue weighted by atomic mass is 16.6. The zero-order valence-corrected chi connectivity index (χ0v) is 11.7. The second-order valence-electron chi connectivity index (χ2n) is 5.18. The van der Waals surface area contributed by atoms with Gasteiger partial charge in [-0.2, -0.15) is 0 Å². The van der Waals surface area contributed by atoms with Gasteiger partial charge in [0.05, 0.1) is 11.3 Å². The molecule has 0 aliphatic carbocycles. The Bertz CT molecular complexity index is 520. The highest BCUT2D eigenvalue weighted by molar-refractivity contribution is 6.15. The minimum atomic E-state index is -1.15. The molecular weight excluding hydrogens is 246 g/mol. The van der Waals surface area contributed by atoms with Crippen LogP contribution in [0, 0.1) is 0 Å². The maximum atomic E-state index is 12.0. The minimum absolute atomic E-state index is 0.118. The minimum Gasteiger partial charge on any atom is -0.478 e. The first-order chi connectivity index (χ1) is 8.67. The molecule has 0 bridgehead atoms. The molecule has 1 heterocycles. The fourth-order valence-corrected chi connectivity index (χ4v) is 1.66. The van der Waals surface area contributed by atoms with E-state index in [1.54, 1.807) is 26.8 Å². The molecule has 0 spiro atoms. The third kappa shape index (κ3) is 3.47. The Kier molecular flexibility index (Phi) is 4.19. The van der Waals surface area contributed by atoms with Gasteiger partial charge in [0.25, 0.3) is 0 Å². The molecule has 1 N–H and O–H groups in total. The number of aliphatic carboxylic acids is 1. The van der Waals surface area contributed by atoms with Gasteiger partial charge in [-0.15, -0.1) is 0 Å². The quantitative estimate of drug-likeness (QED) is 0.853. The van der Waals surface area contributed by atoms with Crippen LogP contribution >= 0.6 is 0 Å². The van der Waals surface area contributed by atoms with Crippen molar-refractivity contribution in [3.05, 3.63) is 30.1 Å². The van der Waals surface area contributed by atoms with Crippen LogP contribution in [-0.4, -0.2) is 27.3 Å². The van der Waals surface area contributed by atoms with Gasteiger partial charge in [-0.3, -0.25) is 4.57 Å². The summed E-state index contributed by atoms with van der Waals surface area (Å²) in [6.45, 7) is 10.7. The highest BCUT2D eigenvalue weighted by Crippen LogP contribution is 2.22. The summed E-state index contributed by atoms with van der Waals surface area (Å²) in [5.74, 6) is -1.15. The van der Waals surface area contributed by atoms with E-state index in [1.165, 1.54) is 10.8 Å². The van der Waals surface area contributed by atoms with Crippen LogP contribution in [0.2, 0.25) is 0 Å². The number of hydrogen-bond acceptors (Lipinski definition) is 3. The Morgan fingerprint density at radius 3 is 2.42 bits per heavy atom. The fourth-order valence-electron chi connectivity index (χ4n) is 1.66. The lowest BCUT2D eigenvalue weighted by atomic mass is 10.1. The summed E-state index contributed by atoms with van der Waals surface area (Å²) in [6, 6.07) is 1.70. The third-order valence-corrected chi connectivity index (χ3v) is 2.48. The number of rotatable bonds is 3. The highest BCUT2D eigenvalue weighted by Gasteiger charge is 2.24. The lowest BCUT2D eigenvalue weighted by Crippen LogP contribution is -2.28. The Labute approximate surface area is 112 Å². The summed E-state index contributed by atoms with van der Waals surface area (Å²) >= 11 is 0. The number of carbonyl (C=O) groups excluding carboxylic acids is 1. The van der Waals surface area contributed by atoms with Crippen molar-refractivity contribution in [1.82, 2.24) is 4.57 Å². The number of aryl methyl sites for hydroxylation is 1. The second-order valence-corrected chi connectivity index (χ2v) is 5.18. The zero-order chi connectivity index (χ0) is 14.8. The largest absolute Gasteiger partial charge is 0.478 e. The van der Waals surface area contributed by atoms with Gasteiger partial charge in [0.1, 0.15) is 5.60 Å². The molecule has 0 atom stereocenters. The molecule has 0 saturated heterocycles. The Hall–Kier alpha value is -2.04. The molecule has 5 nitrogen and oxygen atoms in total. The van der Waals surface area contributed by atoms with E-state index >= 15 is 0 Å². The number of carboxylic acid groups (broad SMARTS) is 1. The first-order valence-corrected chi connectivity index (χ1v) is 6.03. The Morgan fingerprint density at radius 2 is 2.00 bits per heavy atom. The zero-order valence-electron chi connectivity index (χ0n) is 11.7. The molecule has 0 fully saturated rings. The van der Waals surface area contributed by atoms with E-state index in [4.69, 9.17) is 9.84 Å². The standard InChI is InChI=1S/C14H19NO4/c1-6-10-7-8-15(11(10)9(2)12(16)17)13(18)19-14(3,4)5/h7-8H,2,6H2,1,3-5H3,(H,16,17). The van der Waals surface area contributed by atoms with Gasteiger partial charge in [-0.25, -0.2) is 9.59 Å². The van der Waals surface area contributed by atoms with E-state index in [0.717, 1.165) is 5.56 Å². The number of hydrogen-bond donors (Lipinski definition) is 1. The van der Waals surface area contributed by atoms with Crippen molar-refractivity contribution in [1.29, 1.82) is 0 Å². The molecule has 1 rings (SSSR count). The first kappa shape index (κ1) is 15.0. The number of nitrogens with zero attached hydrogens (tertiary/aromatic N) is 1. The van der Waals surface area contributed by atoms with E-state index < -0.39 is 17.7 Å². The van der Waals surface area contributed by atoms with Gasteiger partial charge in [0, 0.05) is 6.20 Å². The normalized spacial score (nSPS) is 11.2. The van der Waals surface area contributed by atoms with Crippen molar-refractivity contribution in [2.75, 3.05) is 0 Å². The smallest absolute Gasteiger partial charge is 0.419 e. The van der Waals surface area contributed by atoms with Gasteiger partial charge in [0.2, 0.25) is 0 Å². The lowest BCUT2D eigenvalue weighted by Gasteiger charge is -2.20. The number of aromatic nitrogens is 1. The van der Waals surface area contributed by atoms with Gasteiger partial charge in [-0.1, -0.05) is 13.5 Å². The molecule has 0 aliphatic heterocycles. The average Bonchev–Trinajstić information content (AvgIpc) is 2.68. The van der Waals surface area contributed by atoms with Crippen molar-refractivity contribution >= 4 is 17.6 Å². The summed E-state index contributed by atoms with van der Waals surface area (Å²) in [4.78, 5) is 23.1. The van der Waals surface area contributed by atoms with E-state index in [0.29, 0.717) is 12.1 Å². The molecule has 0 aromatic carbocycles. The Balaban J connectivity index is 3.22. The van der Waals surface area contributed by atoms with Crippen LogP contribution in [-0.2, 0) is 16.0 Å². The van der Waals surface area contributed by atoms with Gasteiger partial charge >= 0.3 is 12.1 Å². The van der Waals surface area contributed by atoms with Crippen molar-refractivity contribution in [2.24, 2.45) is 0 Å². The predicted octanol–water partition coefficient (Wildman–Crippen LogP) is 2.93. The van der Waals surface area contributed by atoms with Crippen LogP contribution in [0.15, 0.2) is 18.8 Å². The summed E-state index contributed by atoms with van der Waals surface area (Å²) in [5.41, 5.74) is 0.283. The van der Waals surface area contributed by atoms with Crippen molar-refractivity contribution < 1.29 is 19.4 Å². The van der Waals surface area contributed by atoms with Gasteiger partial charge in [0.15, 0.2) is 0 Å². The summed E-state index contributed by atoms with van der Waals surface area (Å²) in [7, 11) is 0. The second kappa shape index (κ2) is 5.30. The molecule has 0 amide bonds. The molecule has 5 heteroatoms. The number of carbonyl (C=O) groups is 2. The number of ether oxygens (including phenoxy) is 1. The fraction of sp³-hybridized carbons (Fsp3) is 0.429. The van der Waals surface area contributed by atoms with Gasteiger partial charge < -0.3 is 9.84 Å². The van der Waals surface area contributed by atoms with Crippen LogP contribution in [0.4, 0.5) is 4.79 Å². The molecule has 1 aromatic rings. The maximum absolute atomic E-state index is 12.0. The van der Waals surface area contributed by atoms with Crippen molar-refractivity contribution in [3.63, 3.8) is 0 Å². The van der Waals surface area contributed by atoms with Crippen molar-refractivity contribution in [2.45, 2.75) is 39.7 Å². The summed E-state index contributed by atoms with van der Waals surface area (Å²) in [6.07, 6.45) is 1.51. The molecule has 104 valence electrons. The molecular formula is C14H19NO4.